The summed E-state index contributed by atoms with van der Waals surface area (Å²) >= 11 is 0. The number of hydrogen-bond acceptors (Lipinski definition) is 2. The molecule has 0 radical (unpaired) electrons. The van der Waals surface area contributed by atoms with E-state index >= 15 is 0 Å². The smallest absolute Gasteiger partial charge is 0.158 e. The molecule has 0 spiro atoms. The summed E-state index contributed by atoms with van der Waals surface area (Å²) in [6.45, 7) is 0.481. The van der Waals surface area contributed by atoms with Crippen LogP contribution >= 0.6 is 0 Å². The Bertz CT molecular complexity index is 523. The van der Waals surface area contributed by atoms with Crippen LogP contribution in [0.1, 0.15) is 15.9 Å². The number of hydrogen-bond donors (Lipinski definition) is 0. The van der Waals surface area contributed by atoms with E-state index in [1.165, 1.54) is 0 Å². The summed E-state index contributed by atoms with van der Waals surface area (Å²) in [7, 11) is 1.86. The predicted molar refractivity (Wildman–Crippen MR) is 74.9 cm³/mol. The third-order valence-electron chi connectivity index (χ3n) is 2.75. The first-order chi connectivity index (χ1) is 8.81. The largest absolute Gasteiger partial charge is 0.488 e. The Morgan fingerprint density at radius 2 is 1.67 bits per heavy atom. The lowest BCUT2D eigenvalue weighted by Gasteiger charge is -2.10. The number of ketones is 1. The highest BCUT2D eigenvalue weighted by Gasteiger charge is 2.09. The highest BCUT2D eigenvalue weighted by Crippen LogP contribution is 2.20. The van der Waals surface area contributed by atoms with Gasteiger partial charge in [-0.15, -0.1) is 0 Å². The molecule has 2 aromatic carbocycles. The zero-order chi connectivity index (χ0) is 12.8. The van der Waals surface area contributed by atoms with Crippen LogP contribution in [0.15, 0.2) is 54.6 Å². The number of ether oxygens (including phenoxy) is 1. The normalized spacial score (nSPS) is 10.0. The lowest BCUT2D eigenvalue weighted by molar-refractivity contribution is 0.101. The van der Waals surface area contributed by atoms with E-state index in [1.54, 1.807) is 0 Å². The first-order valence-corrected chi connectivity index (χ1v) is 6.10. The van der Waals surface area contributed by atoms with Crippen LogP contribution in [0.25, 0.3) is 0 Å². The first kappa shape index (κ1) is 12.4. The number of carbonyl (C=O) groups is 1. The average Bonchev–Trinajstić information content (AvgIpc) is 2.45. The van der Waals surface area contributed by atoms with Crippen molar-refractivity contribution in [1.82, 2.24) is 0 Å². The maximum absolute atomic E-state index is 11.8. The van der Waals surface area contributed by atoms with E-state index in [9.17, 15) is 4.79 Å². The highest BCUT2D eigenvalue weighted by atomic mass is 16.5. The molecule has 0 saturated heterocycles. The Morgan fingerprint density at radius 1 is 1.00 bits per heavy atom. The predicted octanol–water partition coefficient (Wildman–Crippen LogP) is 2.50. The van der Waals surface area contributed by atoms with Crippen LogP contribution < -0.4 is 4.74 Å². The van der Waals surface area contributed by atoms with Crippen molar-refractivity contribution in [1.29, 1.82) is 0 Å². The second-order valence-corrected chi connectivity index (χ2v) is 4.05. The van der Waals surface area contributed by atoms with Gasteiger partial charge in [-0.3, -0.25) is 4.79 Å². The SMILES string of the molecule is BCC(=O)c1ccccc1OCc1ccccc1. The van der Waals surface area contributed by atoms with Crippen molar-refractivity contribution in [2.45, 2.75) is 12.9 Å². The van der Waals surface area contributed by atoms with Gasteiger partial charge in [0, 0.05) is 0 Å². The van der Waals surface area contributed by atoms with E-state index in [0.717, 1.165) is 5.56 Å². The van der Waals surface area contributed by atoms with Crippen molar-refractivity contribution in [2.24, 2.45) is 0 Å². The minimum atomic E-state index is 0.110. The molecule has 0 aliphatic rings. The van der Waals surface area contributed by atoms with Gasteiger partial charge in [0.25, 0.3) is 0 Å². The first-order valence-electron chi connectivity index (χ1n) is 6.10. The van der Waals surface area contributed by atoms with Crippen molar-refractivity contribution in [3.8, 4) is 5.75 Å². The molecule has 18 heavy (non-hydrogen) atoms. The topological polar surface area (TPSA) is 26.3 Å². The van der Waals surface area contributed by atoms with E-state index in [4.69, 9.17) is 4.74 Å². The van der Waals surface area contributed by atoms with Gasteiger partial charge in [-0.05, 0) is 24.0 Å². The minimum Gasteiger partial charge on any atom is -0.488 e. The van der Waals surface area contributed by atoms with E-state index in [0.29, 0.717) is 24.2 Å². The molecule has 3 heteroatoms. The summed E-state index contributed by atoms with van der Waals surface area (Å²) in [5, 5.41) is 0. The van der Waals surface area contributed by atoms with Crippen LogP contribution in [0.3, 0.4) is 0 Å². The molecule has 2 rings (SSSR count). The van der Waals surface area contributed by atoms with Crippen molar-refractivity contribution in [2.75, 3.05) is 0 Å². The molecule has 0 bridgehead atoms. The molecule has 0 unspecified atom stereocenters. The Hall–Kier alpha value is -2.03. The standard InChI is InChI=1S/C15H15BO2/c16-10-14(17)13-8-4-5-9-15(13)18-11-12-6-2-1-3-7-12/h1-9H,10-11,16H2. The summed E-state index contributed by atoms with van der Waals surface area (Å²) in [5.41, 5.74) is 1.76. The number of Topliss-reactive ketones (excluding diaryl/α,β-unsaturated/α-hetero) is 1. The fourth-order valence-corrected chi connectivity index (χ4v) is 1.75. The van der Waals surface area contributed by atoms with Gasteiger partial charge in [-0.25, -0.2) is 0 Å². The summed E-state index contributed by atoms with van der Waals surface area (Å²) in [4.78, 5) is 11.8. The summed E-state index contributed by atoms with van der Waals surface area (Å²) in [6, 6.07) is 17.3. The van der Waals surface area contributed by atoms with Gasteiger partial charge >= 0.3 is 0 Å². The Kier molecular flexibility index (Phi) is 4.18. The second kappa shape index (κ2) is 6.06. The summed E-state index contributed by atoms with van der Waals surface area (Å²) < 4.78 is 5.73. The fourth-order valence-electron chi connectivity index (χ4n) is 1.75. The lowest BCUT2D eigenvalue weighted by atomic mass is 9.95. The van der Waals surface area contributed by atoms with Gasteiger partial charge in [-0.1, -0.05) is 42.5 Å². The molecule has 0 heterocycles. The van der Waals surface area contributed by atoms with Gasteiger partial charge in [0.15, 0.2) is 5.78 Å². The zero-order valence-corrected chi connectivity index (χ0v) is 10.4. The third-order valence-corrected chi connectivity index (χ3v) is 2.75. The van der Waals surface area contributed by atoms with E-state index in [1.807, 2.05) is 62.4 Å². The quantitative estimate of drug-likeness (QED) is 0.590. The lowest BCUT2D eigenvalue weighted by Crippen LogP contribution is -2.03. The van der Waals surface area contributed by atoms with E-state index in [2.05, 4.69) is 0 Å². The molecule has 0 atom stereocenters. The molecule has 90 valence electrons. The number of para-hydroxylation sites is 1. The average molecular weight is 238 g/mol. The molecule has 0 aliphatic carbocycles. The Balaban J connectivity index is 2.12. The molecule has 0 saturated carbocycles. The van der Waals surface area contributed by atoms with Crippen molar-refractivity contribution >= 4 is 13.6 Å². The van der Waals surface area contributed by atoms with E-state index < -0.39 is 0 Å². The third kappa shape index (κ3) is 3.01. The Morgan fingerprint density at radius 3 is 2.39 bits per heavy atom. The molecule has 0 fully saturated rings. The highest BCUT2D eigenvalue weighted by molar-refractivity contribution is 6.24. The summed E-state index contributed by atoms with van der Waals surface area (Å²) in [6.07, 6.45) is 0.492. The Labute approximate surface area is 108 Å². The molecule has 2 nitrogen and oxygen atoms in total. The number of rotatable bonds is 5. The van der Waals surface area contributed by atoms with Gasteiger partial charge in [0.1, 0.15) is 20.2 Å². The number of carbonyl (C=O) groups excluding carboxylic acids is 1. The minimum absolute atomic E-state index is 0.110. The summed E-state index contributed by atoms with van der Waals surface area (Å²) in [5.74, 6) is 0.770. The fraction of sp³-hybridized carbons (Fsp3) is 0.133. The molecular weight excluding hydrogens is 223 g/mol. The molecule has 2 aromatic rings. The molecular formula is C15H15BO2. The van der Waals surface area contributed by atoms with Crippen molar-refractivity contribution < 1.29 is 9.53 Å². The zero-order valence-electron chi connectivity index (χ0n) is 10.4. The molecule has 0 aromatic heterocycles. The van der Waals surface area contributed by atoms with Crippen LogP contribution in [0.5, 0.6) is 5.75 Å². The van der Waals surface area contributed by atoms with Crippen molar-refractivity contribution in [3.63, 3.8) is 0 Å². The van der Waals surface area contributed by atoms with Crippen LogP contribution in [-0.2, 0) is 6.61 Å². The van der Waals surface area contributed by atoms with Crippen LogP contribution in [0.4, 0.5) is 0 Å². The van der Waals surface area contributed by atoms with Gasteiger partial charge in [0.2, 0.25) is 0 Å². The molecule has 0 aliphatic heterocycles. The second-order valence-electron chi connectivity index (χ2n) is 4.05. The monoisotopic (exact) mass is 238 g/mol. The maximum atomic E-state index is 11.8. The molecule has 0 N–H and O–H groups in total. The molecule has 0 amide bonds. The van der Waals surface area contributed by atoms with Gasteiger partial charge < -0.3 is 4.74 Å². The maximum Gasteiger partial charge on any atom is 0.158 e. The van der Waals surface area contributed by atoms with Crippen molar-refractivity contribution in [3.05, 3.63) is 65.7 Å². The van der Waals surface area contributed by atoms with Gasteiger partial charge in [-0.2, -0.15) is 0 Å². The van der Waals surface area contributed by atoms with E-state index in [-0.39, 0.29) is 5.78 Å². The van der Waals surface area contributed by atoms with Crippen LogP contribution in [0, 0.1) is 0 Å². The van der Waals surface area contributed by atoms with Crippen LogP contribution in [0.2, 0.25) is 6.32 Å². The van der Waals surface area contributed by atoms with Crippen LogP contribution in [-0.4, -0.2) is 13.6 Å². The van der Waals surface area contributed by atoms with Gasteiger partial charge in [0.05, 0.1) is 5.56 Å². The number of benzene rings is 2.